The fourth-order valence-electron chi connectivity index (χ4n) is 3.24. The summed E-state index contributed by atoms with van der Waals surface area (Å²) in [5, 5.41) is 0. The normalized spacial score (nSPS) is 18.0. The van der Waals surface area contributed by atoms with E-state index >= 15 is 0 Å². The molecule has 0 bridgehead atoms. The highest BCUT2D eigenvalue weighted by Crippen LogP contribution is 2.22. The van der Waals surface area contributed by atoms with Gasteiger partial charge in [0.25, 0.3) is 0 Å². The van der Waals surface area contributed by atoms with Gasteiger partial charge in [-0.2, -0.15) is 0 Å². The molecule has 1 amide bonds. The number of allylic oxidation sites excluding steroid dienone is 1. The molecule has 0 radical (unpaired) electrons. The van der Waals surface area contributed by atoms with Gasteiger partial charge in [0.2, 0.25) is 0 Å². The fourth-order valence-corrected chi connectivity index (χ4v) is 3.24. The number of unbranched alkanes of at least 4 members (excludes halogenated alkanes) is 3. The Labute approximate surface area is 146 Å². The zero-order valence-corrected chi connectivity index (χ0v) is 15.2. The minimum atomic E-state index is -0.184. The van der Waals surface area contributed by atoms with E-state index in [0.29, 0.717) is 6.61 Å². The summed E-state index contributed by atoms with van der Waals surface area (Å²) in [6.45, 7) is 5.58. The lowest BCUT2D eigenvalue weighted by atomic mass is 10.0. The molecule has 132 valence electrons. The Morgan fingerprint density at radius 2 is 2.04 bits per heavy atom. The van der Waals surface area contributed by atoms with E-state index in [1.165, 1.54) is 31.3 Å². The smallest absolute Gasteiger partial charge is 0.410 e. The van der Waals surface area contributed by atoms with Crippen LogP contribution in [0.3, 0.4) is 0 Å². The Bertz CT molecular complexity index is 524. The minimum absolute atomic E-state index is 0.184. The van der Waals surface area contributed by atoms with E-state index < -0.39 is 0 Å². The molecule has 1 heterocycles. The molecule has 0 N–H and O–H groups in total. The second-order valence-electron chi connectivity index (χ2n) is 6.77. The number of hydrogen-bond acceptors (Lipinski definition) is 2. The molecular formula is C21H31NO2. The van der Waals surface area contributed by atoms with Crippen molar-refractivity contribution in [3.63, 3.8) is 0 Å². The monoisotopic (exact) mass is 329 g/mol. The quantitative estimate of drug-likeness (QED) is 0.452. The van der Waals surface area contributed by atoms with Gasteiger partial charge in [0.1, 0.15) is 6.61 Å². The number of carbonyl (C=O) groups excluding carboxylic acids is 1. The number of rotatable bonds is 8. The largest absolute Gasteiger partial charge is 0.445 e. The first kappa shape index (κ1) is 18.6. The highest BCUT2D eigenvalue weighted by molar-refractivity contribution is 5.68. The molecule has 0 saturated carbocycles. The van der Waals surface area contributed by atoms with Gasteiger partial charge in [-0.15, -0.1) is 0 Å². The van der Waals surface area contributed by atoms with E-state index in [2.05, 4.69) is 19.9 Å². The van der Waals surface area contributed by atoms with Crippen LogP contribution in [0.15, 0.2) is 42.0 Å². The Kier molecular flexibility index (Phi) is 7.87. The number of ether oxygens (including phenoxy) is 1. The number of likely N-dealkylation sites (tertiary alicyclic amines) is 1. The van der Waals surface area contributed by atoms with Crippen LogP contribution in [0, 0.1) is 0 Å². The van der Waals surface area contributed by atoms with Crippen LogP contribution >= 0.6 is 0 Å². The molecule has 0 aromatic heterocycles. The molecule has 1 aliphatic heterocycles. The zero-order chi connectivity index (χ0) is 17.2. The molecule has 0 unspecified atom stereocenters. The van der Waals surface area contributed by atoms with Gasteiger partial charge in [0.15, 0.2) is 0 Å². The fraction of sp³-hybridized carbons (Fsp3) is 0.571. The molecule has 1 saturated heterocycles. The van der Waals surface area contributed by atoms with E-state index in [1.54, 1.807) is 0 Å². The van der Waals surface area contributed by atoms with Gasteiger partial charge < -0.3 is 9.64 Å². The molecule has 0 spiro atoms. The summed E-state index contributed by atoms with van der Waals surface area (Å²) >= 11 is 0. The Morgan fingerprint density at radius 1 is 1.25 bits per heavy atom. The van der Waals surface area contributed by atoms with E-state index in [9.17, 15) is 4.79 Å². The van der Waals surface area contributed by atoms with Crippen molar-refractivity contribution in [2.24, 2.45) is 0 Å². The molecule has 3 nitrogen and oxygen atoms in total. The van der Waals surface area contributed by atoms with E-state index in [4.69, 9.17) is 4.74 Å². The van der Waals surface area contributed by atoms with Crippen LogP contribution in [0.1, 0.15) is 64.4 Å². The van der Waals surface area contributed by atoms with E-state index in [0.717, 1.165) is 31.4 Å². The lowest BCUT2D eigenvalue weighted by Crippen LogP contribution is -2.35. The average molecular weight is 329 g/mol. The van der Waals surface area contributed by atoms with Crippen LogP contribution in [0.5, 0.6) is 0 Å². The van der Waals surface area contributed by atoms with Crippen LogP contribution < -0.4 is 0 Å². The molecule has 2 rings (SSSR count). The molecule has 0 aliphatic carbocycles. The zero-order valence-electron chi connectivity index (χ0n) is 15.2. The third-order valence-corrected chi connectivity index (χ3v) is 4.64. The summed E-state index contributed by atoms with van der Waals surface area (Å²) in [6, 6.07) is 10.1. The molecule has 24 heavy (non-hydrogen) atoms. The van der Waals surface area contributed by atoms with Crippen molar-refractivity contribution in [3.05, 3.63) is 47.5 Å². The first-order valence-corrected chi connectivity index (χ1v) is 9.35. The summed E-state index contributed by atoms with van der Waals surface area (Å²) < 4.78 is 5.49. The van der Waals surface area contributed by atoms with Crippen molar-refractivity contribution in [1.29, 1.82) is 0 Å². The van der Waals surface area contributed by atoms with Gasteiger partial charge in [-0.3, -0.25) is 0 Å². The first-order chi connectivity index (χ1) is 11.7. The maximum absolute atomic E-state index is 12.4. The third-order valence-electron chi connectivity index (χ3n) is 4.64. The van der Waals surface area contributed by atoms with Crippen LogP contribution in [0.25, 0.3) is 0 Å². The van der Waals surface area contributed by atoms with Crippen molar-refractivity contribution in [2.45, 2.75) is 71.4 Å². The number of nitrogens with zero attached hydrogens (tertiary/aromatic N) is 1. The van der Waals surface area contributed by atoms with Gasteiger partial charge in [-0.25, -0.2) is 4.79 Å². The van der Waals surface area contributed by atoms with E-state index in [-0.39, 0.29) is 12.1 Å². The lowest BCUT2D eigenvalue weighted by molar-refractivity contribution is 0.0974. The maximum Gasteiger partial charge on any atom is 0.410 e. The van der Waals surface area contributed by atoms with E-state index in [1.807, 2.05) is 35.2 Å². The molecule has 1 atom stereocenters. The Balaban J connectivity index is 1.81. The van der Waals surface area contributed by atoms with Gasteiger partial charge in [0, 0.05) is 6.54 Å². The highest BCUT2D eigenvalue weighted by atomic mass is 16.6. The predicted octanol–water partition coefficient (Wildman–Crippen LogP) is 5.70. The molecule has 3 heteroatoms. The van der Waals surface area contributed by atoms with Crippen LogP contribution in [-0.2, 0) is 11.3 Å². The molecule has 1 aromatic carbocycles. The number of amides is 1. The predicted molar refractivity (Wildman–Crippen MR) is 98.9 cm³/mol. The number of benzene rings is 1. The first-order valence-electron chi connectivity index (χ1n) is 9.35. The maximum atomic E-state index is 12.4. The lowest BCUT2D eigenvalue weighted by Gasteiger charge is -2.22. The van der Waals surface area contributed by atoms with Crippen molar-refractivity contribution in [1.82, 2.24) is 4.90 Å². The standard InChI is InChI=1S/C21H31NO2/c1-3-4-5-7-11-18(2)16-20-14-10-15-22(20)21(23)24-17-19-12-8-6-9-13-19/h6,8-9,12-13,16,20H,3-5,7,10-11,14-15,17H2,1-2H3/b18-16-/t20-/m1/s1. The summed E-state index contributed by atoms with van der Waals surface area (Å²) in [6.07, 6.45) is 10.5. The third kappa shape index (κ3) is 6.03. The van der Waals surface area contributed by atoms with Gasteiger partial charge in [-0.1, -0.05) is 68.2 Å². The number of carbonyl (C=O) groups is 1. The Hall–Kier alpha value is -1.77. The van der Waals surface area contributed by atoms with Crippen molar-refractivity contribution in [2.75, 3.05) is 6.54 Å². The van der Waals surface area contributed by atoms with Gasteiger partial charge in [0.05, 0.1) is 6.04 Å². The van der Waals surface area contributed by atoms with Crippen molar-refractivity contribution >= 4 is 6.09 Å². The second-order valence-corrected chi connectivity index (χ2v) is 6.77. The summed E-state index contributed by atoms with van der Waals surface area (Å²) in [7, 11) is 0. The van der Waals surface area contributed by atoms with Crippen LogP contribution in [-0.4, -0.2) is 23.6 Å². The summed E-state index contributed by atoms with van der Waals surface area (Å²) in [5.41, 5.74) is 2.43. The Morgan fingerprint density at radius 3 is 2.79 bits per heavy atom. The SMILES string of the molecule is CCCCCC/C(C)=C\[C@H]1CCCN1C(=O)OCc1ccccc1. The summed E-state index contributed by atoms with van der Waals surface area (Å²) in [4.78, 5) is 14.3. The van der Waals surface area contributed by atoms with Crippen molar-refractivity contribution < 1.29 is 9.53 Å². The van der Waals surface area contributed by atoms with Gasteiger partial charge in [-0.05, 0) is 38.2 Å². The van der Waals surface area contributed by atoms with Crippen LogP contribution in [0.4, 0.5) is 4.79 Å². The molecular weight excluding hydrogens is 298 g/mol. The second kappa shape index (κ2) is 10.2. The average Bonchev–Trinajstić information content (AvgIpc) is 3.05. The summed E-state index contributed by atoms with van der Waals surface area (Å²) in [5.74, 6) is 0. The van der Waals surface area contributed by atoms with Crippen LogP contribution in [0.2, 0.25) is 0 Å². The topological polar surface area (TPSA) is 29.5 Å². The highest BCUT2D eigenvalue weighted by Gasteiger charge is 2.28. The minimum Gasteiger partial charge on any atom is -0.445 e. The molecule has 1 fully saturated rings. The number of hydrogen-bond donors (Lipinski definition) is 0. The molecule has 1 aliphatic rings. The molecule has 1 aromatic rings. The van der Waals surface area contributed by atoms with Crippen molar-refractivity contribution in [3.8, 4) is 0 Å². The van der Waals surface area contributed by atoms with Gasteiger partial charge >= 0.3 is 6.09 Å².